The Hall–Kier alpha value is -2.35. The van der Waals surface area contributed by atoms with Crippen LogP contribution >= 0.6 is 11.8 Å². The molecule has 0 aliphatic carbocycles. The molecule has 0 saturated heterocycles. The Labute approximate surface area is 162 Å². The molecule has 0 N–H and O–H groups in total. The summed E-state index contributed by atoms with van der Waals surface area (Å²) in [6, 6.07) is 11.4. The summed E-state index contributed by atoms with van der Waals surface area (Å²) in [4.78, 5) is 0.285. The predicted octanol–water partition coefficient (Wildman–Crippen LogP) is 6.75. The fourth-order valence-corrected chi connectivity index (χ4v) is 3.52. The number of hydrogen-bond acceptors (Lipinski definition) is 3. The normalized spacial score (nSPS) is 13.1. The molecule has 0 fully saturated rings. The molecule has 0 radical (unpaired) electrons. The maximum atomic E-state index is 14.7. The lowest BCUT2D eigenvalue weighted by Crippen LogP contribution is -2.13. The summed E-state index contributed by atoms with van der Waals surface area (Å²) < 4.78 is 72.7. The molecular formula is C20H16F5NOS. The molecule has 0 saturated carbocycles. The quantitative estimate of drug-likeness (QED) is 0.330. The molecule has 0 amide bonds. The molecule has 1 atom stereocenters. The summed E-state index contributed by atoms with van der Waals surface area (Å²) in [7, 11) is 0. The molecule has 148 valence electrons. The van der Waals surface area contributed by atoms with Crippen LogP contribution in [0, 0.1) is 13.8 Å². The Kier molecular flexibility index (Phi) is 5.79. The van der Waals surface area contributed by atoms with Crippen molar-refractivity contribution < 1.29 is 26.5 Å². The maximum Gasteiger partial charge on any atom is 0.332 e. The van der Waals surface area contributed by atoms with E-state index in [1.54, 1.807) is 26.0 Å². The average molecular weight is 413 g/mol. The maximum absolute atomic E-state index is 14.7. The second kappa shape index (κ2) is 7.95. The van der Waals surface area contributed by atoms with E-state index >= 15 is 0 Å². The predicted molar refractivity (Wildman–Crippen MR) is 97.6 cm³/mol. The summed E-state index contributed by atoms with van der Waals surface area (Å²) in [5, 5.41) is 3.72. The molecule has 3 aromatic rings. The lowest BCUT2D eigenvalue weighted by Gasteiger charge is -2.13. The minimum atomic E-state index is -3.39. The third-order valence-electron chi connectivity index (χ3n) is 4.19. The van der Waals surface area contributed by atoms with E-state index in [4.69, 9.17) is 4.52 Å². The monoisotopic (exact) mass is 413 g/mol. The minimum absolute atomic E-state index is 0.123. The minimum Gasteiger partial charge on any atom is -0.354 e. The van der Waals surface area contributed by atoms with Gasteiger partial charge in [-0.2, -0.15) is 8.78 Å². The Morgan fingerprint density at radius 1 is 0.964 bits per heavy atom. The summed E-state index contributed by atoms with van der Waals surface area (Å²) in [6.07, 6.45) is -3.13. The van der Waals surface area contributed by atoms with Gasteiger partial charge in [0.05, 0.1) is 0 Å². The van der Waals surface area contributed by atoms with Crippen molar-refractivity contribution >= 4 is 11.8 Å². The van der Waals surface area contributed by atoms with E-state index in [-0.39, 0.29) is 16.2 Å². The van der Waals surface area contributed by atoms with Crippen LogP contribution in [-0.4, -0.2) is 17.1 Å². The van der Waals surface area contributed by atoms with Crippen molar-refractivity contribution in [1.82, 2.24) is 5.16 Å². The largest absolute Gasteiger partial charge is 0.354 e. The number of thioether (sulfide) groups is 1. The fourth-order valence-electron chi connectivity index (χ4n) is 2.75. The highest BCUT2D eigenvalue weighted by Crippen LogP contribution is 2.39. The molecule has 8 heteroatoms. The Morgan fingerprint density at radius 3 is 2.29 bits per heavy atom. The van der Waals surface area contributed by atoms with Crippen LogP contribution in [0.5, 0.6) is 0 Å². The van der Waals surface area contributed by atoms with Crippen LogP contribution < -0.4 is 0 Å². The van der Waals surface area contributed by atoms with E-state index in [1.165, 1.54) is 30.3 Å². The van der Waals surface area contributed by atoms with Gasteiger partial charge in [-0.15, -0.1) is 0 Å². The van der Waals surface area contributed by atoms with Crippen molar-refractivity contribution in [2.75, 3.05) is 0 Å². The second-order valence-corrected chi connectivity index (χ2v) is 7.38. The number of aromatic nitrogens is 1. The third kappa shape index (κ3) is 4.06. The molecule has 0 spiro atoms. The van der Waals surface area contributed by atoms with Crippen molar-refractivity contribution in [3.63, 3.8) is 0 Å². The smallest absolute Gasteiger partial charge is 0.332 e. The van der Waals surface area contributed by atoms with Gasteiger partial charge in [-0.05, 0) is 31.0 Å². The van der Waals surface area contributed by atoms with Crippen molar-refractivity contribution in [3.05, 3.63) is 71.0 Å². The molecule has 2 aromatic carbocycles. The highest BCUT2D eigenvalue weighted by atomic mass is 32.2. The Bertz CT molecular complexity index is 958. The number of hydrogen-bond donors (Lipinski definition) is 0. The number of benzene rings is 2. The molecular weight excluding hydrogens is 397 g/mol. The van der Waals surface area contributed by atoms with Gasteiger partial charge in [-0.25, -0.2) is 13.2 Å². The van der Waals surface area contributed by atoms with Crippen LogP contribution in [0.1, 0.15) is 22.5 Å². The first-order chi connectivity index (χ1) is 13.2. The number of aryl methyl sites for hydroxylation is 2. The highest BCUT2D eigenvalue weighted by molar-refractivity contribution is 7.99. The van der Waals surface area contributed by atoms with E-state index in [2.05, 4.69) is 5.16 Å². The Morgan fingerprint density at radius 2 is 1.64 bits per heavy atom. The molecule has 28 heavy (non-hydrogen) atoms. The molecule has 1 heterocycles. The lowest BCUT2D eigenvalue weighted by atomic mass is 10.0. The van der Waals surface area contributed by atoms with Crippen LogP contribution in [0.15, 0.2) is 57.9 Å². The third-order valence-corrected chi connectivity index (χ3v) is 5.32. The van der Waals surface area contributed by atoms with Gasteiger partial charge in [-0.3, -0.25) is 0 Å². The zero-order chi connectivity index (χ0) is 20.5. The standard InChI is InChI=1S/C20H16F5NOS/c1-11-8-12(2)16(28-19(23)18(21)22)9-14(11)15-10-17(27-26-15)20(24,25)13-6-4-3-5-7-13/h3-10,18-19H,1-2H3. The van der Waals surface area contributed by atoms with E-state index < -0.39 is 23.6 Å². The van der Waals surface area contributed by atoms with Crippen molar-refractivity contribution in [2.24, 2.45) is 0 Å². The van der Waals surface area contributed by atoms with E-state index in [0.717, 1.165) is 6.07 Å². The van der Waals surface area contributed by atoms with Gasteiger partial charge < -0.3 is 4.52 Å². The van der Waals surface area contributed by atoms with Gasteiger partial charge in [0.2, 0.25) is 11.3 Å². The van der Waals surface area contributed by atoms with Crippen LogP contribution in [-0.2, 0) is 5.92 Å². The first-order valence-corrected chi connectivity index (χ1v) is 9.19. The summed E-state index contributed by atoms with van der Waals surface area (Å²) in [6.45, 7) is 3.38. The van der Waals surface area contributed by atoms with Gasteiger partial charge in [0, 0.05) is 22.1 Å². The molecule has 1 aromatic heterocycles. The number of alkyl halides is 5. The van der Waals surface area contributed by atoms with Gasteiger partial charge >= 0.3 is 5.92 Å². The average Bonchev–Trinajstić information content (AvgIpc) is 3.15. The van der Waals surface area contributed by atoms with Crippen molar-refractivity contribution in [1.29, 1.82) is 0 Å². The van der Waals surface area contributed by atoms with Gasteiger partial charge in [0.25, 0.3) is 6.43 Å². The topological polar surface area (TPSA) is 26.0 Å². The number of halogens is 5. The van der Waals surface area contributed by atoms with Gasteiger partial charge in [0.1, 0.15) is 5.69 Å². The molecule has 0 aliphatic heterocycles. The van der Waals surface area contributed by atoms with Crippen molar-refractivity contribution in [2.45, 2.75) is 36.6 Å². The SMILES string of the molecule is Cc1cc(C)c(-c2cc(C(F)(F)c3ccccc3)on2)cc1SC(F)C(F)F. The lowest BCUT2D eigenvalue weighted by molar-refractivity contribution is 0.0131. The van der Waals surface area contributed by atoms with Gasteiger partial charge in [-0.1, -0.05) is 53.3 Å². The second-order valence-electron chi connectivity index (χ2n) is 6.25. The number of nitrogens with zero attached hydrogens (tertiary/aromatic N) is 1. The zero-order valence-corrected chi connectivity index (χ0v) is 15.7. The first-order valence-electron chi connectivity index (χ1n) is 8.31. The van der Waals surface area contributed by atoms with Gasteiger partial charge in [0.15, 0.2) is 0 Å². The van der Waals surface area contributed by atoms with Crippen LogP contribution in [0.3, 0.4) is 0 Å². The van der Waals surface area contributed by atoms with E-state index in [0.29, 0.717) is 28.5 Å². The number of rotatable bonds is 6. The Balaban J connectivity index is 1.97. The van der Waals surface area contributed by atoms with Crippen LogP contribution in [0.2, 0.25) is 0 Å². The zero-order valence-electron chi connectivity index (χ0n) is 14.9. The molecule has 0 bridgehead atoms. The van der Waals surface area contributed by atoms with E-state index in [9.17, 15) is 22.0 Å². The van der Waals surface area contributed by atoms with Crippen molar-refractivity contribution in [3.8, 4) is 11.3 Å². The molecule has 0 aliphatic rings. The van der Waals surface area contributed by atoms with Crippen LogP contribution in [0.4, 0.5) is 22.0 Å². The summed E-state index contributed by atoms with van der Waals surface area (Å²) >= 11 is 0.382. The van der Waals surface area contributed by atoms with Crippen LogP contribution in [0.25, 0.3) is 11.3 Å². The fraction of sp³-hybridized carbons (Fsp3) is 0.250. The van der Waals surface area contributed by atoms with E-state index in [1.807, 2.05) is 0 Å². The summed E-state index contributed by atoms with van der Waals surface area (Å²) in [5.41, 5.74) is -0.813. The summed E-state index contributed by atoms with van der Waals surface area (Å²) in [5.74, 6) is -4.03. The molecule has 3 rings (SSSR count). The molecule has 2 nitrogen and oxygen atoms in total. The highest BCUT2D eigenvalue weighted by Gasteiger charge is 2.38. The first kappa shape index (κ1) is 20.4. The molecule has 1 unspecified atom stereocenters.